The van der Waals surface area contributed by atoms with Crippen LogP contribution in [-0.4, -0.2) is 15.3 Å². The maximum absolute atomic E-state index is 13.7. The van der Waals surface area contributed by atoms with E-state index in [-0.39, 0.29) is 16.9 Å². The molecule has 0 heterocycles. The summed E-state index contributed by atoms with van der Waals surface area (Å²) >= 11 is 0. The lowest BCUT2D eigenvalue weighted by Gasteiger charge is -2.08. The van der Waals surface area contributed by atoms with Gasteiger partial charge in [-0.15, -0.1) is 0 Å². The van der Waals surface area contributed by atoms with E-state index in [1.807, 2.05) is 26.0 Å². The molecular formula is C16H15FO3S. The highest BCUT2D eigenvalue weighted by Gasteiger charge is 2.13. The lowest BCUT2D eigenvalue weighted by molar-refractivity contribution is 0.0696. The second-order valence-corrected chi connectivity index (χ2v) is 6.29. The molecule has 2 rings (SSSR count). The summed E-state index contributed by atoms with van der Waals surface area (Å²) in [6.07, 6.45) is 0. The van der Waals surface area contributed by atoms with Gasteiger partial charge in [0.05, 0.1) is 22.1 Å². The van der Waals surface area contributed by atoms with Crippen LogP contribution in [0.4, 0.5) is 4.39 Å². The molecule has 0 aliphatic rings. The van der Waals surface area contributed by atoms with Gasteiger partial charge in [-0.25, -0.2) is 9.18 Å². The maximum atomic E-state index is 13.7. The Hall–Kier alpha value is -2.01. The van der Waals surface area contributed by atoms with Gasteiger partial charge in [-0.05, 0) is 43.7 Å². The van der Waals surface area contributed by atoms with Gasteiger partial charge >= 0.3 is 5.97 Å². The molecule has 5 heteroatoms. The van der Waals surface area contributed by atoms with Crippen LogP contribution in [0.25, 0.3) is 0 Å². The summed E-state index contributed by atoms with van der Waals surface area (Å²) in [6.45, 7) is 3.79. The number of carboxylic acids is 1. The van der Waals surface area contributed by atoms with Crippen LogP contribution in [0.1, 0.15) is 27.0 Å². The second-order valence-electron chi connectivity index (χ2n) is 4.87. The molecule has 0 saturated carbocycles. The van der Waals surface area contributed by atoms with Gasteiger partial charge in [-0.2, -0.15) is 0 Å². The predicted octanol–water partition coefficient (Wildman–Crippen LogP) is 3.45. The van der Waals surface area contributed by atoms with Gasteiger partial charge in [0.2, 0.25) is 0 Å². The van der Waals surface area contributed by atoms with Crippen molar-refractivity contribution in [3.63, 3.8) is 0 Å². The molecule has 110 valence electrons. The Balaban J connectivity index is 2.31. The maximum Gasteiger partial charge on any atom is 0.335 e. The summed E-state index contributed by atoms with van der Waals surface area (Å²) in [4.78, 5) is 11.6. The zero-order chi connectivity index (χ0) is 15.6. The van der Waals surface area contributed by atoms with Gasteiger partial charge in [0.1, 0.15) is 5.82 Å². The highest BCUT2D eigenvalue weighted by molar-refractivity contribution is 7.84. The predicted molar refractivity (Wildman–Crippen MR) is 79.4 cm³/mol. The Morgan fingerprint density at radius 3 is 2.52 bits per heavy atom. The smallest absolute Gasteiger partial charge is 0.335 e. The zero-order valence-electron chi connectivity index (χ0n) is 11.7. The van der Waals surface area contributed by atoms with Crippen molar-refractivity contribution in [2.75, 3.05) is 0 Å². The Morgan fingerprint density at radius 2 is 1.90 bits per heavy atom. The molecule has 0 spiro atoms. The van der Waals surface area contributed by atoms with Gasteiger partial charge < -0.3 is 5.11 Å². The number of carboxylic acid groups (broad SMARTS) is 1. The van der Waals surface area contributed by atoms with E-state index in [9.17, 15) is 13.4 Å². The van der Waals surface area contributed by atoms with E-state index >= 15 is 0 Å². The van der Waals surface area contributed by atoms with E-state index in [1.165, 1.54) is 12.1 Å². The molecule has 1 unspecified atom stereocenters. The van der Waals surface area contributed by atoms with Crippen LogP contribution in [0, 0.1) is 19.7 Å². The lowest BCUT2D eigenvalue weighted by Crippen LogP contribution is -2.04. The molecular weight excluding hydrogens is 291 g/mol. The molecule has 0 aliphatic carbocycles. The van der Waals surface area contributed by atoms with Crippen molar-refractivity contribution >= 4 is 16.8 Å². The van der Waals surface area contributed by atoms with Crippen LogP contribution >= 0.6 is 0 Å². The fourth-order valence-electron chi connectivity index (χ4n) is 2.09. The molecule has 0 aromatic heterocycles. The molecule has 2 aromatic carbocycles. The van der Waals surface area contributed by atoms with Gasteiger partial charge in [-0.3, -0.25) is 4.21 Å². The molecule has 0 radical (unpaired) electrons. The third-order valence-corrected chi connectivity index (χ3v) is 4.68. The molecule has 0 amide bonds. The first-order chi connectivity index (χ1) is 9.88. The normalized spacial score (nSPS) is 12.1. The Bertz CT molecular complexity index is 725. The number of carbonyl (C=O) groups is 1. The number of hydrogen-bond acceptors (Lipinski definition) is 2. The van der Waals surface area contributed by atoms with Gasteiger partial charge in [0.25, 0.3) is 0 Å². The highest BCUT2D eigenvalue weighted by Crippen LogP contribution is 2.20. The van der Waals surface area contributed by atoms with Gasteiger partial charge in [0.15, 0.2) is 0 Å². The SMILES string of the molecule is Cc1ccc(S(=O)Cc2cc(C(=O)O)ccc2F)c(C)c1. The Morgan fingerprint density at radius 1 is 1.19 bits per heavy atom. The van der Waals surface area contributed by atoms with Crippen molar-refractivity contribution in [3.05, 3.63) is 64.5 Å². The van der Waals surface area contributed by atoms with Crippen LogP contribution in [0.3, 0.4) is 0 Å². The van der Waals surface area contributed by atoms with Crippen molar-refractivity contribution < 1.29 is 18.5 Å². The Labute approximate surface area is 124 Å². The topological polar surface area (TPSA) is 54.4 Å². The fraction of sp³-hybridized carbons (Fsp3) is 0.188. The van der Waals surface area contributed by atoms with E-state index in [0.29, 0.717) is 4.90 Å². The fourth-order valence-corrected chi connectivity index (χ4v) is 3.39. The molecule has 1 N–H and O–H groups in total. The average Bonchev–Trinajstić information content (AvgIpc) is 2.40. The summed E-state index contributed by atoms with van der Waals surface area (Å²) in [5.41, 5.74) is 2.08. The number of aryl methyl sites for hydroxylation is 2. The van der Waals surface area contributed by atoms with E-state index in [2.05, 4.69) is 0 Å². The summed E-state index contributed by atoms with van der Waals surface area (Å²) in [5.74, 6) is -1.72. The van der Waals surface area contributed by atoms with Crippen molar-refractivity contribution in [3.8, 4) is 0 Å². The van der Waals surface area contributed by atoms with Crippen LogP contribution in [0.2, 0.25) is 0 Å². The molecule has 21 heavy (non-hydrogen) atoms. The standard InChI is InChI=1S/C16H15FO3S/c1-10-3-6-15(11(2)7-10)21(20)9-13-8-12(16(18)19)4-5-14(13)17/h3-8H,9H2,1-2H3,(H,18,19). The number of aromatic carboxylic acids is 1. The first-order valence-electron chi connectivity index (χ1n) is 6.36. The highest BCUT2D eigenvalue weighted by atomic mass is 32.2. The quantitative estimate of drug-likeness (QED) is 0.941. The average molecular weight is 306 g/mol. The minimum absolute atomic E-state index is 0.0102. The number of halogens is 1. The first kappa shape index (κ1) is 15.4. The van der Waals surface area contributed by atoms with Gasteiger partial charge in [-0.1, -0.05) is 17.7 Å². The summed E-state index contributed by atoms with van der Waals surface area (Å²) in [5, 5.41) is 8.93. The minimum Gasteiger partial charge on any atom is -0.478 e. The summed E-state index contributed by atoms with van der Waals surface area (Å²) in [7, 11) is -1.42. The number of benzene rings is 2. The summed E-state index contributed by atoms with van der Waals surface area (Å²) < 4.78 is 26.1. The van der Waals surface area contributed by atoms with E-state index < -0.39 is 22.6 Å². The third kappa shape index (κ3) is 3.55. The van der Waals surface area contributed by atoms with Crippen LogP contribution in [0.15, 0.2) is 41.3 Å². The zero-order valence-corrected chi connectivity index (χ0v) is 12.5. The monoisotopic (exact) mass is 306 g/mol. The van der Waals surface area contributed by atoms with E-state index in [0.717, 1.165) is 17.2 Å². The van der Waals surface area contributed by atoms with Crippen molar-refractivity contribution in [2.45, 2.75) is 24.5 Å². The first-order valence-corrected chi connectivity index (χ1v) is 7.67. The molecule has 0 saturated heterocycles. The molecule has 0 aliphatic heterocycles. The third-order valence-electron chi connectivity index (χ3n) is 3.15. The van der Waals surface area contributed by atoms with E-state index in [1.54, 1.807) is 6.07 Å². The minimum atomic E-state index is -1.42. The molecule has 0 bridgehead atoms. The van der Waals surface area contributed by atoms with Crippen molar-refractivity contribution in [1.29, 1.82) is 0 Å². The van der Waals surface area contributed by atoms with Gasteiger partial charge in [0, 0.05) is 10.5 Å². The summed E-state index contributed by atoms with van der Waals surface area (Å²) in [6, 6.07) is 9.06. The largest absolute Gasteiger partial charge is 0.478 e. The molecule has 2 aromatic rings. The van der Waals surface area contributed by atoms with Crippen LogP contribution in [0.5, 0.6) is 0 Å². The Kier molecular flexibility index (Phi) is 4.53. The molecule has 3 nitrogen and oxygen atoms in total. The van der Waals surface area contributed by atoms with Crippen LogP contribution in [-0.2, 0) is 16.6 Å². The second kappa shape index (κ2) is 6.18. The molecule has 1 atom stereocenters. The number of hydrogen-bond donors (Lipinski definition) is 1. The van der Waals surface area contributed by atoms with Crippen molar-refractivity contribution in [2.24, 2.45) is 0 Å². The lowest BCUT2D eigenvalue weighted by atomic mass is 10.1. The van der Waals surface area contributed by atoms with Crippen LogP contribution < -0.4 is 0 Å². The number of rotatable bonds is 4. The molecule has 0 fully saturated rings. The van der Waals surface area contributed by atoms with Crippen molar-refractivity contribution in [1.82, 2.24) is 0 Å². The van der Waals surface area contributed by atoms with E-state index in [4.69, 9.17) is 5.11 Å².